The van der Waals surface area contributed by atoms with E-state index < -0.39 is 5.97 Å². The Hall–Kier alpha value is -2.43. The fraction of sp³-hybridized carbons (Fsp3) is 0.136. The lowest BCUT2D eigenvalue weighted by Crippen LogP contribution is -2.00. The summed E-state index contributed by atoms with van der Waals surface area (Å²) >= 11 is 7.47. The van der Waals surface area contributed by atoms with Crippen molar-refractivity contribution in [2.45, 2.75) is 18.4 Å². The van der Waals surface area contributed by atoms with Gasteiger partial charge in [0.05, 0.1) is 5.75 Å². The highest BCUT2D eigenvalue weighted by Crippen LogP contribution is 2.27. The van der Waals surface area contributed by atoms with E-state index in [-0.39, 0.29) is 5.75 Å². The molecule has 0 saturated carbocycles. The minimum atomic E-state index is -0.808. The van der Waals surface area contributed by atoms with Gasteiger partial charge in [0.15, 0.2) is 0 Å². The molecule has 0 bridgehead atoms. The molecular weight excluding hydrogens is 378 g/mol. The number of benzene rings is 3. The smallest absolute Gasteiger partial charge is 0.313 e. The highest BCUT2D eigenvalue weighted by molar-refractivity contribution is 8.00. The van der Waals surface area contributed by atoms with Crippen molar-refractivity contribution in [2.75, 3.05) is 11.1 Å². The Morgan fingerprint density at radius 1 is 1.07 bits per heavy atom. The van der Waals surface area contributed by atoms with Crippen molar-refractivity contribution in [2.24, 2.45) is 0 Å². The van der Waals surface area contributed by atoms with E-state index >= 15 is 0 Å². The first-order chi connectivity index (χ1) is 13.0. The molecule has 0 heterocycles. The Bertz CT molecular complexity index is 941. The van der Waals surface area contributed by atoms with Gasteiger partial charge in [-0.05, 0) is 71.6 Å². The summed E-state index contributed by atoms with van der Waals surface area (Å²) in [6, 6.07) is 22.1. The summed E-state index contributed by atoms with van der Waals surface area (Å²) in [4.78, 5) is 11.6. The van der Waals surface area contributed by atoms with Crippen LogP contribution in [-0.4, -0.2) is 16.8 Å². The number of carbonyl (C=O) groups is 1. The van der Waals surface area contributed by atoms with E-state index in [9.17, 15) is 4.79 Å². The molecule has 3 rings (SSSR count). The Morgan fingerprint density at radius 2 is 1.85 bits per heavy atom. The number of hydrogen-bond donors (Lipinski definition) is 2. The Balaban J connectivity index is 1.66. The molecule has 0 atom stereocenters. The average Bonchev–Trinajstić information content (AvgIpc) is 2.67. The van der Waals surface area contributed by atoms with Gasteiger partial charge in [-0.3, -0.25) is 4.79 Å². The Labute approximate surface area is 168 Å². The van der Waals surface area contributed by atoms with Gasteiger partial charge < -0.3 is 10.4 Å². The molecule has 0 fully saturated rings. The lowest BCUT2D eigenvalue weighted by molar-refractivity contribution is -0.133. The molecule has 0 aliphatic rings. The number of carboxylic acids is 1. The molecule has 3 nitrogen and oxygen atoms in total. The quantitative estimate of drug-likeness (QED) is 0.472. The summed E-state index contributed by atoms with van der Waals surface area (Å²) < 4.78 is 0. The van der Waals surface area contributed by atoms with Crippen molar-refractivity contribution >= 4 is 35.0 Å². The van der Waals surface area contributed by atoms with Crippen molar-refractivity contribution < 1.29 is 9.90 Å². The summed E-state index contributed by atoms with van der Waals surface area (Å²) in [6.07, 6.45) is 0. The van der Waals surface area contributed by atoms with Gasteiger partial charge in [0.1, 0.15) is 0 Å². The van der Waals surface area contributed by atoms with E-state index in [1.54, 1.807) is 0 Å². The van der Waals surface area contributed by atoms with Crippen LogP contribution in [0.15, 0.2) is 71.6 Å². The van der Waals surface area contributed by atoms with E-state index in [2.05, 4.69) is 36.5 Å². The number of hydrogen-bond acceptors (Lipinski definition) is 3. The maximum Gasteiger partial charge on any atom is 0.313 e. The molecule has 2 N–H and O–H groups in total. The zero-order valence-corrected chi connectivity index (χ0v) is 16.5. The molecule has 3 aromatic rings. The van der Waals surface area contributed by atoms with Crippen LogP contribution in [0.25, 0.3) is 11.1 Å². The number of nitrogens with one attached hydrogen (secondary N) is 1. The predicted molar refractivity (Wildman–Crippen MR) is 114 cm³/mol. The number of aryl methyl sites for hydroxylation is 1. The van der Waals surface area contributed by atoms with Crippen LogP contribution in [0.3, 0.4) is 0 Å². The Kier molecular flexibility index (Phi) is 6.43. The number of halogens is 1. The molecule has 0 aliphatic heterocycles. The van der Waals surface area contributed by atoms with Crippen molar-refractivity contribution in [3.8, 4) is 11.1 Å². The van der Waals surface area contributed by atoms with Gasteiger partial charge in [0, 0.05) is 22.2 Å². The molecule has 27 heavy (non-hydrogen) atoms. The van der Waals surface area contributed by atoms with Gasteiger partial charge >= 0.3 is 5.97 Å². The number of aliphatic carboxylic acids is 1. The van der Waals surface area contributed by atoms with Crippen LogP contribution < -0.4 is 5.32 Å². The topological polar surface area (TPSA) is 49.3 Å². The van der Waals surface area contributed by atoms with Crippen LogP contribution in [-0.2, 0) is 11.3 Å². The number of anilines is 1. The summed E-state index contributed by atoms with van der Waals surface area (Å²) in [5.74, 6) is -0.736. The van der Waals surface area contributed by atoms with Crippen molar-refractivity contribution in [1.82, 2.24) is 0 Å². The molecule has 0 saturated heterocycles. The average molecular weight is 398 g/mol. The van der Waals surface area contributed by atoms with Crippen LogP contribution in [0, 0.1) is 6.92 Å². The zero-order valence-electron chi connectivity index (χ0n) is 14.9. The van der Waals surface area contributed by atoms with Crippen LogP contribution in [0.1, 0.15) is 11.1 Å². The molecule has 138 valence electrons. The monoisotopic (exact) mass is 397 g/mol. The third kappa shape index (κ3) is 5.52. The first-order valence-electron chi connectivity index (χ1n) is 8.55. The third-order valence-corrected chi connectivity index (χ3v) is 5.38. The third-order valence-electron chi connectivity index (χ3n) is 4.15. The maximum atomic E-state index is 10.6. The van der Waals surface area contributed by atoms with Gasteiger partial charge in [-0.2, -0.15) is 0 Å². The number of rotatable bonds is 7. The van der Waals surface area contributed by atoms with Gasteiger partial charge in [0.25, 0.3) is 0 Å². The molecule has 0 spiro atoms. The lowest BCUT2D eigenvalue weighted by Gasteiger charge is -2.11. The number of carboxylic acid groups (broad SMARTS) is 1. The van der Waals surface area contributed by atoms with Gasteiger partial charge in [-0.25, -0.2) is 0 Å². The van der Waals surface area contributed by atoms with Crippen LogP contribution in [0.2, 0.25) is 5.02 Å². The summed E-state index contributed by atoms with van der Waals surface area (Å²) in [5.41, 5.74) is 5.66. The van der Waals surface area contributed by atoms with Crippen LogP contribution in [0.5, 0.6) is 0 Å². The first kappa shape index (κ1) is 19.3. The van der Waals surface area contributed by atoms with E-state index in [0.717, 1.165) is 26.7 Å². The number of thioether (sulfide) groups is 1. The van der Waals surface area contributed by atoms with Gasteiger partial charge in [0.2, 0.25) is 0 Å². The van der Waals surface area contributed by atoms with Crippen molar-refractivity contribution in [3.63, 3.8) is 0 Å². The highest BCUT2D eigenvalue weighted by Gasteiger charge is 2.05. The fourth-order valence-electron chi connectivity index (χ4n) is 2.77. The molecule has 0 radical (unpaired) electrons. The molecule has 0 unspecified atom stereocenters. The molecular formula is C22H20ClNO2S. The summed E-state index contributed by atoms with van der Waals surface area (Å²) in [7, 11) is 0. The standard InChI is InChI=1S/C22H20ClNO2S/c1-15-5-6-18(23)12-21(15)17-4-2-3-16(11-17)13-24-19-7-9-20(10-8-19)27-14-22(25)26/h2-12,24H,13-14H2,1H3,(H,25,26). The second-order valence-electron chi connectivity index (χ2n) is 6.22. The second-order valence-corrected chi connectivity index (χ2v) is 7.71. The first-order valence-corrected chi connectivity index (χ1v) is 9.91. The van der Waals surface area contributed by atoms with E-state index in [1.807, 2.05) is 42.5 Å². The SMILES string of the molecule is Cc1ccc(Cl)cc1-c1cccc(CNc2ccc(SCC(=O)O)cc2)c1. The van der Waals surface area contributed by atoms with E-state index in [0.29, 0.717) is 6.54 Å². The van der Waals surface area contributed by atoms with Gasteiger partial charge in [-0.15, -0.1) is 11.8 Å². The minimum Gasteiger partial charge on any atom is -0.481 e. The lowest BCUT2D eigenvalue weighted by atomic mass is 9.99. The zero-order chi connectivity index (χ0) is 19.2. The summed E-state index contributed by atoms with van der Waals surface area (Å²) in [5, 5.41) is 12.9. The Morgan fingerprint density at radius 3 is 2.59 bits per heavy atom. The largest absolute Gasteiger partial charge is 0.481 e. The predicted octanol–water partition coefficient (Wildman–Crippen LogP) is 6.10. The van der Waals surface area contributed by atoms with Crippen molar-refractivity contribution in [1.29, 1.82) is 0 Å². The maximum absolute atomic E-state index is 10.6. The molecule has 0 aliphatic carbocycles. The molecule has 5 heteroatoms. The fourth-order valence-corrected chi connectivity index (χ4v) is 3.56. The summed E-state index contributed by atoms with van der Waals surface area (Å²) in [6.45, 7) is 2.79. The molecule has 3 aromatic carbocycles. The van der Waals surface area contributed by atoms with E-state index in [1.165, 1.54) is 22.9 Å². The van der Waals surface area contributed by atoms with Crippen LogP contribution >= 0.6 is 23.4 Å². The van der Waals surface area contributed by atoms with E-state index in [4.69, 9.17) is 16.7 Å². The molecule has 0 amide bonds. The van der Waals surface area contributed by atoms with Crippen LogP contribution in [0.4, 0.5) is 5.69 Å². The van der Waals surface area contributed by atoms with Gasteiger partial charge in [-0.1, -0.05) is 35.9 Å². The van der Waals surface area contributed by atoms with Crippen molar-refractivity contribution in [3.05, 3.63) is 82.9 Å². The normalized spacial score (nSPS) is 10.6. The molecule has 0 aromatic heterocycles. The minimum absolute atomic E-state index is 0.0719. The highest BCUT2D eigenvalue weighted by atomic mass is 35.5. The second kappa shape index (κ2) is 8.98.